The third-order valence-electron chi connectivity index (χ3n) is 4.71. The predicted octanol–water partition coefficient (Wildman–Crippen LogP) is 3.28. The van der Waals surface area contributed by atoms with Gasteiger partial charge >= 0.3 is 0 Å². The fraction of sp³-hybridized carbons (Fsp3) is 0.647. The SMILES string of the molecule is COc1ccc(CNCC2CCC3(CCCC3)O2)cc1. The lowest BCUT2D eigenvalue weighted by molar-refractivity contribution is -0.0351. The molecule has 0 amide bonds. The van der Waals surface area contributed by atoms with E-state index in [9.17, 15) is 0 Å². The zero-order chi connectivity index (χ0) is 13.8. The summed E-state index contributed by atoms with van der Waals surface area (Å²) in [5.41, 5.74) is 1.55. The highest BCUT2D eigenvalue weighted by Crippen LogP contribution is 2.43. The smallest absolute Gasteiger partial charge is 0.118 e. The van der Waals surface area contributed by atoms with Gasteiger partial charge in [-0.2, -0.15) is 0 Å². The summed E-state index contributed by atoms with van der Waals surface area (Å²) in [5, 5.41) is 3.52. The summed E-state index contributed by atoms with van der Waals surface area (Å²) in [4.78, 5) is 0. The average molecular weight is 275 g/mol. The number of methoxy groups -OCH3 is 1. The van der Waals surface area contributed by atoms with Crippen LogP contribution in [0.25, 0.3) is 0 Å². The van der Waals surface area contributed by atoms with E-state index in [0.29, 0.717) is 6.10 Å². The fourth-order valence-corrected chi connectivity index (χ4v) is 3.55. The molecule has 2 fully saturated rings. The molecule has 1 unspecified atom stereocenters. The lowest BCUT2D eigenvalue weighted by atomic mass is 9.98. The van der Waals surface area contributed by atoms with Crippen LogP contribution in [0.3, 0.4) is 0 Å². The lowest BCUT2D eigenvalue weighted by Gasteiger charge is -2.23. The Kier molecular flexibility index (Phi) is 4.27. The number of hydrogen-bond acceptors (Lipinski definition) is 3. The van der Waals surface area contributed by atoms with Crippen molar-refractivity contribution in [3.05, 3.63) is 29.8 Å². The van der Waals surface area contributed by atoms with E-state index in [0.717, 1.165) is 18.8 Å². The van der Waals surface area contributed by atoms with Gasteiger partial charge in [0.2, 0.25) is 0 Å². The summed E-state index contributed by atoms with van der Waals surface area (Å²) in [6.07, 6.45) is 8.16. The summed E-state index contributed by atoms with van der Waals surface area (Å²) in [5.74, 6) is 0.913. The number of nitrogens with one attached hydrogen (secondary N) is 1. The molecule has 3 rings (SSSR count). The van der Waals surface area contributed by atoms with Crippen LogP contribution in [0.1, 0.15) is 44.1 Å². The van der Waals surface area contributed by atoms with Crippen molar-refractivity contribution in [2.45, 2.75) is 56.8 Å². The average Bonchev–Trinajstić information content (AvgIpc) is 3.10. The molecular formula is C17H25NO2. The van der Waals surface area contributed by atoms with Crippen LogP contribution in [0, 0.1) is 0 Å². The minimum Gasteiger partial charge on any atom is -0.497 e. The van der Waals surface area contributed by atoms with Gasteiger partial charge in [0, 0.05) is 13.1 Å². The number of benzene rings is 1. The first kappa shape index (κ1) is 13.9. The molecule has 110 valence electrons. The van der Waals surface area contributed by atoms with E-state index >= 15 is 0 Å². The first-order chi connectivity index (χ1) is 9.80. The van der Waals surface area contributed by atoms with Gasteiger partial charge in [0.15, 0.2) is 0 Å². The van der Waals surface area contributed by atoms with Crippen molar-refractivity contribution in [2.24, 2.45) is 0 Å². The minimum absolute atomic E-state index is 0.256. The second kappa shape index (κ2) is 6.15. The van der Waals surface area contributed by atoms with Crippen molar-refractivity contribution in [3.8, 4) is 5.75 Å². The van der Waals surface area contributed by atoms with E-state index < -0.39 is 0 Å². The Balaban J connectivity index is 1.41. The Morgan fingerprint density at radius 1 is 1.20 bits per heavy atom. The number of hydrogen-bond donors (Lipinski definition) is 1. The molecule has 1 aliphatic carbocycles. The molecule has 0 radical (unpaired) electrons. The van der Waals surface area contributed by atoms with Crippen LogP contribution in [0.5, 0.6) is 5.75 Å². The van der Waals surface area contributed by atoms with E-state index in [1.165, 1.54) is 44.1 Å². The first-order valence-corrected chi connectivity index (χ1v) is 7.81. The second-order valence-corrected chi connectivity index (χ2v) is 6.15. The van der Waals surface area contributed by atoms with Gasteiger partial charge in [0.25, 0.3) is 0 Å². The van der Waals surface area contributed by atoms with Crippen LogP contribution in [0.2, 0.25) is 0 Å². The minimum atomic E-state index is 0.256. The van der Waals surface area contributed by atoms with Gasteiger partial charge in [-0.3, -0.25) is 0 Å². The van der Waals surface area contributed by atoms with Crippen LogP contribution in [0.4, 0.5) is 0 Å². The molecule has 2 aliphatic rings. The van der Waals surface area contributed by atoms with E-state index in [2.05, 4.69) is 17.4 Å². The summed E-state index contributed by atoms with van der Waals surface area (Å²) in [6, 6.07) is 8.24. The summed E-state index contributed by atoms with van der Waals surface area (Å²) < 4.78 is 11.5. The standard InChI is InChI=1S/C17H25NO2/c1-19-15-6-4-14(5-7-15)12-18-13-16-8-11-17(20-16)9-2-3-10-17/h4-7,16,18H,2-3,8-13H2,1H3. The van der Waals surface area contributed by atoms with Gasteiger partial charge in [0.05, 0.1) is 18.8 Å². The molecule has 1 spiro atoms. The number of rotatable bonds is 5. The van der Waals surface area contributed by atoms with Crippen LogP contribution in [0.15, 0.2) is 24.3 Å². The van der Waals surface area contributed by atoms with Crippen molar-refractivity contribution in [2.75, 3.05) is 13.7 Å². The summed E-state index contributed by atoms with van der Waals surface area (Å²) >= 11 is 0. The van der Waals surface area contributed by atoms with Gasteiger partial charge in [-0.1, -0.05) is 25.0 Å². The molecule has 1 heterocycles. The lowest BCUT2D eigenvalue weighted by Crippen LogP contribution is -2.30. The van der Waals surface area contributed by atoms with E-state index in [1.807, 2.05) is 12.1 Å². The molecule has 1 aromatic carbocycles. The zero-order valence-electron chi connectivity index (χ0n) is 12.4. The van der Waals surface area contributed by atoms with Gasteiger partial charge in [0.1, 0.15) is 5.75 Å². The maximum absolute atomic E-state index is 6.30. The molecular weight excluding hydrogens is 250 g/mol. The Labute approximate surface area is 121 Å². The van der Waals surface area contributed by atoms with E-state index in [-0.39, 0.29) is 5.60 Å². The summed E-state index contributed by atoms with van der Waals surface area (Å²) in [6.45, 7) is 1.87. The Morgan fingerprint density at radius 3 is 2.65 bits per heavy atom. The molecule has 1 saturated heterocycles. The molecule has 1 saturated carbocycles. The van der Waals surface area contributed by atoms with Crippen molar-refractivity contribution in [1.29, 1.82) is 0 Å². The highest BCUT2D eigenvalue weighted by atomic mass is 16.5. The predicted molar refractivity (Wildman–Crippen MR) is 80.0 cm³/mol. The van der Waals surface area contributed by atoms with Gasteiger partial charge < -0.3 is 14.8 Å². The monoisotopic (exact) mass is 275 g/mol. The van der Waals surface area contributed by atoms with Crippen molar-refractivity contribution in [3.63, 3.8) is 0 Å². The van der Waals surface area contributed by atoms with Gasteiger partial charge in [-0.25, -0.2) is 0 Å². The highest BCUT2D eigenvalue weighted by Gasteiger charge is 2.41. The summed E-state index contributed by atoms with van der Waals surface area (Å²) in [7, 11) is 1.70. The topological polar surface area (TPSA) is 30.5 Å². The van der Waals surface area contributed by atoms with Crippen molar-refractivity contribution >= 4 is 0 Å². The molecule has 1 atom stereocenters. The molecule has 3 heteroatoms. The highest BCUT2D eigenvalue weighted by molar-refractivity contribution is 5.26. The maximum Gasteiger partial charge on any atom is 0.118 e. The van der Waals surface area contributed by atoms with Crippen LogP contribution in [-0.2, 0) is 11.3 Å². The Hall–Kier alpha value is -1.06. The molecule has 0 bridgehead atoms. The normalized spacial score (nSPS) is 24.4. The molecule has 1 aromatic rings. The Bertz CT molecular complexity index is 423. The third kappa shape index (κ3) is 3.15. The molecule has 3 nitrogen and oxygen atoms in total. The molecule has 0 aromatic heterocycles. The molecule has 1 aliphatic heterocycles. The molecule has 1 N–H and O–H groups in total. The third-order valence-corrected chi connectivity index (χ3v) is 4.71. The fourth-order valence-electron chi connectivity index (χ4n) is 3.55. The Morgan fingerprint density at radius 2 is 1.95 bits per heavy atom. The van der Waals surface area contributed by atoms with Crippen molar-refractivity contribution < 1.29 is 9.47 Å². The van der Waals surface area contributed by atoms with Crippen LogP contribution in [-0.4, -0.2) is 25.4 Å². The zero-order valence-corrected chi connectivity index (χ0v) is 12.4. The number of ether oxygens (including phenoxy) is 2. The van der Waals surface area contributed by atoms with E-state index in [4.69, 9.17) is 9.47 Å². The molecule has 20 heavy (non-hydrogen) atoms. The largest absolute Gasteiger partial charge is 0.497 e. The van der Waals surface area contributed by atoms with E-state index in [1.54, 1.807) is 7.11 Å². The van der Waals surface area contributed by atoms with Crippen LogP contribution >= 0.6 is 0 Å². The van der Waals surface area contributed by atoms with Gasteiger partial charge in [-0.05, 0) is 43.4 Å². The maximum atomic E-state index is 6.30. The quantitative estimate of drug-likeness (QED) is 0.894. The second-order valence-electron chi connectivity index (χ2n) is 6.15. The van der Waals surface area contributed by atoms with Crippen LogP contribution < -0.4 is 10.1 Å². The van der Waals surface area contributed by atoms with Gasteiger partial charge in [-0.15, -0.1) is 0 Å². The van der Waals surface area contributed by atoms with Crippen molar-refractivity contribution in [1.82, 2.24) is 5.32 Å². The first-order valence-electron chi connectivity index (χ1n) is 7.81.